The summed E-state index contributed by atoms with van der Waals surface area (Å²) >= 11 is 0. The second kappa shape index (κ2) is 22.8. The van der Waals surface area contributed by atoms with Gasteiger partial charge in [0.1, 0.15) is 5.75 Å². The minimum Gasteiger partial charge on any atom is -0.496 e. The highest BCUT2D eigenvalue weighted by molar-refractivity contribution is 5.96. The van der Waals surface area contributed by atoms with Crippen LogP contribution < -0.4 is 10.1 Å². The van der Waals surface area contributed by atoms with Crippen LogP contribution in [0, 0.1) is 25.7 Å². The van der Waals surface area contributed by atoms with Crippen molar-refractivity contribution in [3.63, 3.8) is 0 Å². The van der Waals surface area contributed by atoms with Gasteiger partial charge in [0.25, 0.3) is 0 Å². The van der Waals surface area contributed by atoms with E-state index >= 15 is 0 Å². The molecular formula is C40H65NO5. The fourth-order valence-electron chi connectivity index (χ4n) is 6.07. The topological polar surface area (TPSA) is 73.9 Å². The average molecular weight is 640 g/mol. The zero-order chi connectivity index (χ0) is 34.6. The van der Waals surface area contributed by atoms with Gasteiger partial charge in [-0.2, -0.15) is 0 Å². The van der Waals surface area contributed by atoms with Gasteiger partial charge in [-0.1, -0.05) is 59.6 Å². The number of carbonyl (C=O) groups excluding carboxylic acids is 2. The van der Waals surface area contributed by atoms with Crippen LogP contribution in [-0.2, 0) is 20.7 Å². The summed E-state index contributed by atoms with van der Waals surface area (Å²) in [6.45, 7) is 22.0. The Balaban J connectivity index is 0.000000375. The lowest BCUT2D eigenvalue weighted by Gasteiger charge is -2.27. The van der Waals surface area contributed by atoms with E-state index in [9.17, 15) is 9.59 Å². The van der Waals surface area contributed by atoms with Crippen LogP contribution >= 0.6 is 0 Å². The van der Waals surface area contributed by atoms with E-state index in [0.717, 1.165) is 73.8 Å². The first-order chi connectivity index (χ1) is 22.0. The monoisotopic (exact) mass is 639 g/mol. The second-order valence-electron chi connectivity index (χ2n) is 12.5. The number of benzene rings is 2. The number of methoxy groups -OCH3 is 1. The van der Waals surface area contributed by atoms with Gasteiger partial charge < -0.3 is 19.5 Å². The number of Topliss-reactive ketones (excluding diaryl/α,β-unsaturated/α-hetero) is 1. The standard InChI is InChI=1S/C18H27NO2.C15H22O.C7H16O2/c1-4-5-14-7-9-15(10-8-14)18(20)19-16-11-6-13(2)17(12-16)21-3;1-6-10(3)13-8-11(4)14(7-2)15(9-13)12(5)16;1-4-7(8-5-2)9-6-3/h6,11-12,14-15H,4-5,7-10H2,1-3H3,(H,19,20);8-10H,6-7H2,1-5H3;7H,4-6H2,1-3H3. The third-order valence-electron chi connectivity index (χ3n) is 9.04. The van der Waals surface area contributed by atoms with Gasteiger partial charge in [-0.3, -0.25) is 9.59 Å². The number of rotatable bonds is 14. The first kappa shape index (κ1) is 41.3. The van der Waals surface area contributed by atoms with Gasteiger partial charge in [0.2, 0.25) is 5.91 Å². The molecule has 2 aromatic carbocycles. The fraction of sp³-hybridized carbons (Fsp3) is 0.650. The van der Waals surface area contributed by atoms with Crippen molar-refractivity contribution >= 4 is 17.4 Å². The summed E-state index contributed by atoms with van der Waals surface area (Å²) < 4.78 is 15.7. The fourth-order valence-corrected chi connectivity index (χ4v) is 6.07. The lowest BCUT2D eigenvalue weighted by molar-refractivity contribution is -0.136. The Bertz CT molecular complexity index is 1160. The van der Waals surface area contributed by atoms with Crippen molar-refractivity contribution < 1.29 is 23.8 Å². The molecule has 2 aromatic rings. The summed E-state index contributed by atoms with van der Waals surface area (Å²) in [7, 11) is 1.66. The van der Waals surface area contributed by atoms with E-state index in [1.165, 1.54) is 42.4 Å². The summed E-state index contributed by atoms with van der Waals surface area (Å²) in [5.41, 5.74) is 6.58. The highest BCUT2D eigenvalue weighted by Gasteiger charge is 2.26. The maximum absolute atomic E-state index is 12.4. The predicted molar refractivity (Wildman–Crippen MR) is 193 cm³/mol. The molecule has 0 radical (unpaired) electrons. The summed E-state index contributed by atoms with van der Waals surface area (Å²) in [6.07, 6.45) is 10.0. The zero-order valence-corrected chi connectivity index (χ0v) is 31.0. The number of hydrogen-bond acceptors (Lipinski definition) is 5. The maximum Gasteiger partial charge on any atom is 0.227 e. The molecule has 6 heteroatoms. The van der Waals surface area contributed by atoms with Crippen LogP contribution in [0.3, 0.4) is 0 Å². The van der Waals surface area contributed by atoms with Crippen molar-refractivity contribution in [2.75, 3.05) is 25.6 Å². The van der Waals surface area contributed by atoms with Crippen LogP contribution in [-0.4, -0.2) is 38.3 Å². The van der Waals surface area contributed by atoms with Crippen LogP contribution in [0.5, 0.6) is 5.75 Å². The molecule has 0 aliphatic heterocycles. The molecule has 1 unspecified atom stereocenters. The van der Waals surface area contributed by atoms with Gasteiger partial charge in [0, 0.05) is 36.4 Å². The van der Waals surface area contributed by atoms with E-state index in [1.54, 1.807) is 14.0 Å². The van der Waals surface area contributed by atoms with E-state index in [4.69, 9.17) is 14.2 Å². The first-order valence-electron chi connectivity index (χ1n) is 17.8. The molecule has 0 heterocycles. The highest BCUT2D eigenvalue weighted by Crippen LogP contribution is 2.32. The number of amides is 1. The SMILES string of the molecule is CCCC1CCC(C(=O)Nc2ccc(C)c(OC)c2)CC1.CCOC(CC)OCC.CCc1c(C)cc(C(C)CC)cc1C(C)=O. The molecule has 0 aromatic heterocycles. The predicted octanol–water partition coefficient (Wildman–Crippen LogP) is 10.6. The minimum absolute atomic E-state index is 0.0139. The Morgan fingerprint density at radius 2 is 1.50 bits per heavy atom. The van der Waals surface area contributed by atoms with Gasteiger partial charge >= 0.3 is 0 Å². The summed E-state index contributed by atoms with van der Waals surface area (Å²) in [4.78, 5) is 24.0. The number of ketones is 1. The Hall–Kier alpha value is -2.70. The lowest BCUT2D eigenvalue weighted by atomic mass is 9.80. The van der Waals surface area contributed by atoms with Crippen LogP contribution in [0.4, 0.5) is 5.69 Å². The minimum atomic E-state index is 0.0139. The van der Waals surface area contributed by atoms with Crippen LogP contribution in [0.2, 0.25) is 0 Å². The molecule has 260 valence electrons. The van der Waals surface area contributed by atoms with Gasteiger partial charge in [-0.25, -0.2) is 0 Å². The molecular weight excluding hydrogens is 574 g/mol. The molecule has 1 N–H and O–H groups in total. The molecule has 1 aliphatic carbocycles. The molecule has 0 bridgehead atoms. The summed E-state index contributed by atoms with van der Waals surface area (Å²) in [6, 6.07) is 10.1. The maximum atomic E-state index is 12.4. The van der Waals surface area contributed by atoms with E-state index in [2.05, 4.69) is 59.0 Å². The van der Waals surface area contributed by atoms with Gasteiger partial charge in [0.15, 0.2) is 12.1 Å². The molecule has 1 fully saturated rings. The van der Waals surface area contributed by atoms with Gasteiger partial charge in [-0.05, 0) is 126 Å². The van der Waals surface area contributed by atoms with Crippen molar-refractivity contribution in [1.82, 2.24) is 0 Å². The van der Waals surface area contributed by atoms with E-state index in [0.29, 0.717) is 5.92 Å². The highest BCUT2D eigenvalue weighted by atomic mass is 16.7. The van der Waals surface area contributed by atoms with Crippen molar-refractivity contribution in [2.45, 2.75) is 139 Å². The van der Waals surface area contributed by atoms with Gasteiger partial charge in [0.05, 0.1) is 7.11 Å². The third-order valence-corrected chi connectivity index (χ3v) is 9.04. The largest absolute Gasteiger partial charge is 0.496 e. The number of anilines is 1. The van der Waals surface area contributed by atoms with Crippen molar-refractivity contribution in [3.05, 3.63) is 58.1 Å². The number of nitrogens with one attached hydrogen (secondary N) is 1. The molecule has 46 heavy (non-hydrogen) atoms. The summed E-state index contributed by atoms with van der Waals surface area (Å²) in [5, 5.41) is 3.04. The quantitative estimate of drug-likeness (QED) is 0.164. The zero-order valence-electron chi connectivity index (χ0n) is 31.0. The van der Waals surface area contributed by atoms with Crippen molar-refractivity contribution in [3.8, 4) is 5.75 Å². The molecule has 1 saturated carbocycles. The van der Waals surface area contributed by atoms with Crippen LogP contribution in [0.1, 0.15) is 145 Å². The number of carbonyl (C=O) groups is 2. The van der Waals surface area contributed by atoms with Crippen LogP contribution in [0.25, 0.3) is 0 Å². The lowest BCUT2D eigenvalue weighted by Crippen LogP contribution is -2.27. The van der Waals surface area contributed by atoms with Crippen LogP contribution in [0.15, 0.2) is 30.3 Å². The third kappa shape index (κ3) is 14.0. The molecule has 6 nitrogen and oxygen atoms in total. The number of ether oxygens (including phenoxy) is 3. The molecule has 1 atom stereocenters. The second-order valence-corrected chi connectivity index (χ2v) is 12.5. The van der Waals surface area contributed by atoms with Gasteiger partial charge in [-0.15, -0.1) is 0 Å². The Morgan fingerprint density at radius 1 is 0.870 bits per heavy atom. The van der Waals surface area contributed by atoms with E-state index in [-0.39, 0.29) is 23.9 Å². The van der Waals surface area contributed by atoms with E-state index < -0.39 is 0 Å². The van der Waals surface area contributed by atoms with E-state index in [1.807, 2.05) is 39.0 Å². The molecule has 3 rings (SSSR count). The molecule has 0 spiro atoms. The molecule has 0 saturated heterocycles. The number of hydrogen-bond donors (Lipinski definition) is 1. The van der Waals surface area contributed by atoms with Crippen molar-refractivity contribution in [1.29, 1.82) is 0 Å². The molecule has 1 aliphatic rings. The first-order valence-corrected chi connectivity index (χ1v) is 17.8. The Kier molecular flexibility index (Phi) is 20.4. The number of aryl methyl sites for hydroxylation is 2. The summed E-state index contributed by atoms with van der Waals surface area (Å²) in [5.74, 6) is 2.70. The average Bonchev–Trinajstić information content (AvgIpc) is 3.05. The van der Waals surface area contributed by atoms with Crippen molar-refractivity contribution in [2.24, 2.45) is 11.8 Å². The Labute approximate surface area is 281 Å². The Morgan fingerprint density at radius 3 is 1.98 bits per heavy atom. The smallest absolute Gasteiger partial charge is 0.227 e. The molecule has 1 amide bonds. The normalized spacial score (nSPS) is 16.4.